The average molecular weight is 315 g/mol. The Bertz CT molecular complexity index is 934. The number of benzene rings is 3. The summed E-state index contributed by atoms with van der Waals surface area (Å²) in [4.78, 5) is 13.2. The molecule has 24 heavy (non-hydrogen) atoms. The van der Waals surface area contributed by atoms with Crippen molar-refractivity contribution >= 4 is 11.6 Å². The molecule has 2 N–H and O–H groups in total. The maximum absolute atomic E-state index is 13.2. The van der Waals surface area contributed by atoms with Crippen molar-refractivity contribution in [2.24, 2.45) is 0 Å². The number of para-hydroxylation sites is 1. The molecule has 3 aromatic carbocycles. The summed E-state index contributed by atoms with van der Waals surface area (Å²) in [6, 6.07) is 22.9. The molecule has 1 aliphatic rings. The average Bonchev–Trinajstić information content (AvgIpc) is 2.91. The number of aromatic hydroxyl groups is 1. The molecule has 0 saturated heterocycles. The van der Waals surface area contributed by atoms with E-state index in [-0.39, 0.29) is 11.7 Å². The van der Waals surface area contributed by atoms with Gasteiger partial charge in [0.2, 0.25) is 5.91 Å². The number of nitrogens with one attached hydrogen (secondary N) is 1. The van der Waals surface area contributed by atoms with Crippen LogP contribution in [0.4, 0.5) is 5.69 Å². The molecule has 1 aliphatic heterocycles. The van der Waals surface area contributed by atoms with E-state index < -0.39 is 5.41 Å². The highest BCUT2D eigenvalue weighted by atomic mass is 16.3. The second-order valence-electron chi connectivity index (χ2n) is 6.12. The normalized spacial score (nSPS) is 19.0. The van der Waals surface area contributed by atoms with Crippen molar-refractivity contribution in [2.75, 3.05) is 5.32 Å². The van der Waals surface area contributed by atoms with E-state index in [9.17, 15) is 9.90 Å². The summed E-state index contributed by atoms with van der Waals surface area (Å²) in [6.45, 7) is 1.84. The zero-order valence-corrected chi connectivity index (χ0v) is 13.3. The van der Waals surface area contributed by atoms with Gasteiger partial charge in [-0.3, -0.25) is 4.79 Å². The zero-order chi connectivity index (χ0) is 16.7. The number of hydrogen-bond donors (Lipinski definition) is 2. The van der Waals surface area contributed by atoms with Crippen molar-refractivity contribution in [1.29, 1.82) is 0 Å². The van der Waals surface area contributed by atoms with Gasteiger partial charge in [-0.25, -0.2) is 0 Å². The molecule has 4 rings (SSSR count). The first-order chi connectivity index (χ1) is 11.6. The van der Waals surface area contributed by atoms with Crippen molar-refractivity contribution in [3.05, 3.63) is 95.1 Å². The molecule has 0 spiro atoms. The number of carbonyl (C=O) groups excluding carboxylic acids is 1. The van der Waals surface area contributed by atoms with Crippen LogP contribution < -0.4 is 5.32 Å². The molecule has 3 heteroatoms. The Morgan fingerprint density at radius 1 is 0.875 bits per heavy atom. The van der Waals surface area contributed by atoms with Gasteiger partial charge in [0.15, 0.2) is 0 Å². The summed E-state index contributed by atoms with van der Waals surface area (Å²) in [6.07, 6.45) is 0. The summed E-state index contributed by atoms with van der Waals surface area (Å²) in [7, 11) is 0. The molecule has 0 radical (unpaired) electrons. The van der Waals surface area contributed by atoms with Gasteiger partial charge in [0, 0.05) is 11.3 Å². The molecule has 1 amide bonds. The lowest BCUT2D eigenvalue weighted by Gasteiger charge is -2.29. The topological polar surface area (TPSA) is 49.3 Å². The van der Waals surface area contributed by atoms with Crippen molar-refractivity contribution in [3.8, 4) is 5.75 Å². The van der Waals surface area contributed by atoms with Crippen molar-refractivity contribution in [2.45, 2.75) is 12.3 Å². The third-order valence-corrected chi connectivity index (χ3v) is 4.76. The summed E-state index contributed by atoms with van der Waals surface area (Å²) in [5, 5.41) is 12.9. The first-order valence-electron chi connectivity index (χ1n) is 7.90. The predicted molar refractivity (Wildman–Crippen MR) is 94.2 cm³/mol. The number of rotatable bonds is 2. The quantitative estimate of drug-likeness (QED) is 0.751. The predicted octanol–water partition coefficient (Wildman–Crippen LogP) is 3.99. The number of hydrogen-bond acceptors (Lipinski definition) is 2. The van der Waals surface area contributed by atoms with Crippen LogP contribution in [-0.4, -0.2) is 11.0 Å². The molecular formula is C21H17NO2. The van der Waals surface area contributed by atoms with E-state index in [1.165, 1.54) is 0 Å². The number of carbonyl (C=O) groups is 1. The molecule has 0 aromatic heterocycles. The van der Waals surface area contributed by atoms with E-state index in [1.807, 2.05) is 73.7 Å². The Balaban J connectivity index is 2.09. The van der Waals surface area contributed by atoms with Crippen molar-refractivity contribution in [3.63, 3.8) is 0 Å². The molecule has 3 nitrogen and oxygen atoms in total. The highest BCUT2D eigenvalue weighted by molar-refractivity contribution is 6.11. The number of aryl methyl sites for hydroxylation is 1. The second kappa shape index (κ2) is 5.24. The van der Waals surface area contributed by atoms with E-state index in [0.29, 0.717) is 0 Å². The fourth-order valence-electron chi connectivity index (χ4n) is 3.57. The Labute approximate surface area is 140 Å². The third kappa shape index (κ3) is 1.88. The Morgan fingerprint density at radius 3 is 2.33 bits per heavy atom. The standard InChI is InChI=1S/C21H17NO2/c1-14-13-16(11-12-19(14)23)21(15-7-3-2-4-8-15)17-9-5-6-10-18(17)22-20(21)24/h2-13,23H,1H3,(H,22,24)/t21-/m1/s1. The highest BCUT2D eigenvalue weighted by Gasteiger charge is 2.49. The largest absolute Gasteiger partial charge is 0.508 e. The number of phenols is 1. The minimum atomic E-state index is -0.906. The van der Waals surface area contributed by atoms with Gasteiger partial charge in [-0.15, -0.1) is 0 Å². The van der Waals surface area contributed by atoms with Crippen LogP contribution in [0, 0.1) is 6.92 Å². The molecular weight excluding hydrogens is 298 g/mol. The number of amides is 1. The fourth-order valence-corrected chi connectivity index (χ4v) is 3.57. The van der Waals surface area contributed by atoms with Crippen LogP contribution in [0.5, 0.6) is 5.75 Å². The minimum Gasteiger partial charge on any atom is -0.508 e. The van der Waals surface area contributed by atoms with E-state index in [2.05, 4.69) is 5.32 Å². The molecule has 1 heterocycles. The number of fused-ring (bicyclic) bond motifs is 1. The van der Waals surface area contributed by atoms with E-state index in [4.69, 9.17) is 0 Å². The smallest absolute Gasteiger partial charge is 0.244 e. The summed E-state index contributed by atoms with van der Waals surface area (Å²) >= 11 is 0. The zero-order valence-electron chi connectivity index (χ0n) is 13.3. The van der Waals surface area contributed by atoms with Gasteiger partial charge in [-0.1, -0.05) is 60.7 Å². The summed E-state index contributed by atoms with van der Waals surface area (Å²) in [5.41, 5.74) is 3.38. The van der Waals surface area contributed by atoms with Crippen LogP contribution in [0.25, 0.3) is 0 Å². The van der Waals surface area contributed by atoms with E-state index >= 15 is 0 Å². The molecule has 0 saturated carbocycles. The van der Waals surface area contributed by atoms with Gasteiger partial charge in [-0.05, 0) is 35.7 Å². The van der Waals surface area contributed by atoms with Crippen LogP contribution in [0.3, 0.4) is 0 Å². The number of anilines is 1. The van der Waals surface area contributed by atoms with Gasteiger partial charge in [0.1, 0.15) is 11.2 Å². The first kappa shape index (κ1) is 14.5. The van der Waals surface area contributed by atoms with E-state index in [1.54, 1.807) is 6.07 Å². The Kier molecular flexibility index (Phi) is 3.17. The van der Waals surface area contributed by atoms with Gasteiger partial charge < -0.3 is 10.4 Å². The molecule has 3 aromatic rings. The summed E-state index contributed by atoms with van der Waals surface area (Å²) < 4.78 is 0. The first-order valence-corrected chi connectivity index (χ1v) is 7.90. The lowest BCUT2D eigenvalue weighted by Crippen LogP contribution is -2.37. The van der Waals surface area contributed by atoms with Crippen molar-refractivity contribution in [1.82, 2.24) is 0 Å². The van der Waals surface area contributed by atoms with Crippen LogP contribution >= 0.6 is 0 Å². The van der Waals surface area contributed by atoms with Crippen LogP contribution in [0.1, 0.15) is 22.3 Å². The maximum atomic E-state index is 13.2. The minimum absolute atomic E-state index is 0.0695. The monoisotopic (exact) mass is 315 g/mol. The lowest BCUT2D eigenvalue weighted by molar-refractivity contribution is -0.118. The highest BCUT2D eigenvalue weighted by Crippen LogP contribution is 2.47. The van der Waals surface area contributed by atoms with Crippen LogP contribution in [-0.2, 0) is 10.2 Å². The fraction of sp³-hybridized carbons (Fsp3) is 0.0952. The Hall–Kier alpha value is -3.07. The maximum Gasteiger partial charge on any atom is 0.244 e. The van der Waals surface area contributed by atoms with Crippen LogP contribution in [0.2, 0.25) is 0 Å². The lowest BCUT2D eigenvalue weighted by atomic mass is 9.70. The van der Waals surface area contributed by atoms with Crippen molar-refractivity contribution < 1.29 is 9.90 Å². The molecule has 0 bridgehead atoms. The molecule has 0 unspecified atom stereocenters. The van der Waals surface area contributed by atoms with Gasteiger partial charge in [-0.2, -0.15) is 0 Å². The second-order valence-corrected chi connectivity index (χ2v) is 6.12. The van der Waals surface area contributed by atoms with Crippen LogP contribution in [0.15, 0.2) is 72.8 Å². The molecule has 0 fully saturated rings. The number of phenolic OH excluding ortho intramolecular Hbond substituents is 1. The summed E-state index contributed by atoms with van der Waals surface area (Å²) in [5.74, 6) is 0.161. The molecule has 1 atom stereocenters. The molecule has 118 valence electrons. The van der Waals surface area contributed by atoms with Gasteiger partial charge in [0.25, 0.3) is 0 Å². The SMILES string of the molecule is Cc1cc([C@@]2(c3ccccc3)C(=O)Nc3ccccc32)ccc1O. The van der Waals surface area contributed by atoms with Gasteiger partial charge >= 0.3 is 0 Å². The Morgan fingerprint density at radius 2 is 1.58 bits per heavy atom. The third-order valence-electron chi connectivity index (χ3n) is 4.76. The van der Waals surface area contributed by atoms with E-state index in [0.717, 1.165) is 27.9 Å². The van der Waals surface area contributed by atoms with Gasteiger partial charge in [0.05, 0.1) is 0 Å². The molecule has 0 aliphatic carbocycles.